The second kappa shape index (κ2) is 5.18. The molecular formula is C11H19N3O2. The van der Waals surface area contributed by atoms with Gasteiger partial charge in [0.2, 0.25) is 5.91 Å². The van der Waals surface area contributed by atoms with Gasteiger partial charge in [-0.3, -0.25) is 4.79 Å². The van der Waals surface area contributed by atoms with E-state index in [4.69, 9.17) is 0 Å². The summed E-state index contributed by atoms with van der Waals surface area (Å²) in [6.07, 6.45) is 5.05. The molecule has 16 heavy (non-hydrogen) atoms. The van der Waals surface area contributed by atoms with Gasteiger partial charge in [0.05, 0.1) is 0 Å². The number of nitrogens with one attached hydrogen (secondary N) is 2. The summed E-state index contributed by atoms with van der Waals surface area (Å²) in [7, 11) is 0. The number of carbonyl (C=O) groups excluding carboxylic acids is 2. The monoisotopic (exact) mass is 225 g/mol. The number of amides is 3. The van der Waals surface area contributed by atoms with Crippen molar-refractivity contribution in [2.24, 2.45) is 0 Å². The van der Waals surface area contributed by atoms with Crippen molar-refractivity contribution in [1.29, 1.82) is 0 Å². The number of hydrogen-bond acceptors (Lipinski definition) is 2. The van der Waals surface area contributed by atoms with E-state index in [1.54, 1.807) is 0 Å². The van der Waals surface area contributed by atoms with Crippen molar-refractivity contribution >= 4 is 11.9 Å². The number of piperidine rings is 2. The normalized spacial score (nSPS) is 26.1. The molecule has 2 N–H and O–H groups in total. The molecule has 3 amide bonds. The van der Waals surface area contributed by atoms with Crippen molar-refractivity contribution in [3.8, 4) is 0 Å². The summed E-state index contributed by atoms with van der Waals surface area (Å²) >= 11 is 0. The molecule has 0 saturated carbocycles. The SMILES string of the molecule is O=C1NCCCC1NC(=O)N1CCCCC1. The largest absolute Gasteiger partial charge is 0.354 e. The lowest BCUT2D eigenvalue weighted by Gasteiger charge is -2.30. The summed E-state index contributed by atoms with van der Waals surface area (Å²) in [6, 6.07) is -0.412. The van der Waals surface area contributed by atoms with E-state index in [-0.39, 0.29) is 18.0 Å². The Labute approximate surface area is 95.6 Å². The van der Waals surface area contributed by atoms with Crippen LogP contribution in [0.3, 0.4) is 0 Å². The molecule has 2 rings (SSSR count). The van der Waals surface area contributed by atoms with E-state index in [1.165, 1.54) is 6.42 Å². The number of nitrogens with zero attached hydrogens (tertiary/aromatic N) is 1. The van der Waals surface area contributed by atoms with Crippen molar-refractivity contribution < 1.29 is 9.59 Å². The molecule has 90 valence electrons. The summed E-state index contributed by atoms with van der Waals surface area (Å²) < 4.78 is 0. The Morgan fingerprint density at radius 2 is 2.00 bits per heavy atom. The first-order valence-corrected chi connectivity index (χ1v) is 6.10. The van der Waals surface area contributed by atoms with E-state index in [0.29, 0.717) is 0 Å². The van der Waals surface area contributed by atoms with Crippen molar-refractivity contribution in [2.45, 2.75) is 38.1 Å². The van der Waals surface area contributed by atoms with Gasteiger partial charge in [0.1, 0.15) is 6.04 Å². The maximum absolute atomic E-state index is 11.8. The fourth-order valence-corrected chi connectivity index (χ4v) is 2.25. The van der Waals surface area contributed by atoms with Crippen LogP contribution < -0.4 is 10.6 Å². The molecule has 0 spiro atoms. The van der Waals surface area contributed by atoms with Crippen LogP contribution in [0.4, 0.5) is 4.79 Å². The zero-order chi connectivity index (χ0) is 11.4. The van der Waals surface area contributed by atoms with Gasteiger partial charge in [0.15, 0.2) is 0 Å². The van der Waals surface area contributed by atoms with Crippen LogP contribution in [-0.4, -0.2) is 42.5 Å². The highest BCUT2D eigenvalue weighted by atomic mass is 16.2. The van der Waals surface area contributed by atoms with Crippen LogP contribution in [0.1, 0.15) is 32.1 Å². The summed E-state index contributed by atoms with van der Waals surface area (Å²) in [5.41, 5.74) is 0. The maximum Gasteiger partial charge on any atom is 0.318 e. The van der Waals surface area contributed by atoms with Gasteiger partial charge in [-0.1, -0.05) is 0 Å². The Balaban J connectivity index is 1.83. The quantitative estimate of drug-likeness (QED) is 0.681. The number of rotatable bonds is 1. The molecule has 2 aliphatic heterocycles. The van der Waals surface area contributed by atoms with Crippen LogP contribution in [0.25, 0.3) is 0 Å². The van der Waals surface area contributed by atoms with Crippen LogP contribution >= 0.6 is 0 Å². The standard InChI is InChI=1S/C11H19N3O2/c15-10-9(5-4-6-12-10)13-11(16)14-7-2-1-3-8-14/h9H,1-8H2,(H,12,15)(H,13,16). The zero-order valence-electron chi connectivity index (χ0n) is 9.50. The van der Waals surface area contributed by atoms with Crippen molar-refractivity contribution in [3.05, 3.63) is 0 Å². The van der Waals surface area contributed by atoms with Crippen molar-refractivity contribution in [2.75, 3.05) is 19.6 Å². The average Bonchev–Trinajstić information content (AvgIpc) is 2.33. The number of carbonyl (C=O) groups is 2. The molecule has 5 nitrogen and oxygen atoms in total. The molecule has 0 radical (unpaired) electrons. The number of likely N-dealkylation sites (tertiary alicyclic amines) is 1. The third kappa shape index (κ3) is 2.65. The van der Waals surface area contributed by atoms with E-state index in [2.05, 4.69) is 10.6 Å². The van der Waals surface area contributed by atoms with E-state index in [9.17, 15) is 9.59 Å². The van der Waals surface area contributed by atoms with E-state index in [1.807, 2.05) is 4.90 Å². The van der Waals surface area contributed by atoms with E-state index >= 15 is 0 Å². The molecule has 0 aliphatic carbocycles. The topological polar surface area (TPSA) is 61.4 Å². The summed E-state index contributed by atoms with van der Waals surface area (Å²) in [5.74, 6) is -0.0448. The van der Waals surface area contributed by atoms with Crippen molar-refractivity contribution in [3.63, 3.8) is 0 Å². The van der Waals surface area contributed by atoms with Crippen LogP contribution in [0.5, 0.6) is 0 Å². The molecule has 2 aliphatic rings. The first-order valence-electron chi connectivity index (χ1n) is 6.10. The van der Waals surface area contributed by atoms with Crippen LogP contribution in [0.2, 0.25) is 0 Å². The number of hydrogen-bond donors (Lipinski definition) is 2. The lowest BCUT2D eigenvalue weighted by Crippen LogP contribution is -2.54. The molecule has 0 aromatic carbocycles. The Bertz CT molecular complexity index is 274. The minimum Gasteiger partial charge on any atom is -0.354 e. The van der Waals surface area contributed by atoms with Crippen LogP contribution in [0.15, 0.2) is 0 Å². The van der Waals surface area contributed by atoms with Crippen molar-refractivity contribution in [1.82, 2.24) is 15.5 Å². The lowest BCUT2D eigenvalue weighted by atomic mass is 10.1. The fourth-order valence-electron chi connectivity index (χ4n) is 2.25. The average molecular weight is 225 g/mol. The molecule has 1 unspecified atom stereocenters. The first kappa shape index (κ1) is 11.2. The molecule has 1 atom stereocenters. The predicted octanol–water partition coefficient (Wildman–Crippen LogP) is 0.460. The summed E-state index contributed by atoms with van der Waals surface area (Å²) in [4.78, 5) is 25.1. The molecule has 0 aromatic heterocycles. The Morgan fingerprint density at radius 3 is 2.69 bits per heavy atom. The summed E-state index contributed by atoms with van der Waals surface area (Å²) in [5, 5.41) is 5.58. The second-order valence-corrected chi connectivity index (χ2v) is 4.48. The van der Waals surface area contributed by atoms with Crippen LogP contribution in [-0.2, 0) is 4.79 Å². The minimum atomic E-state index is -0.330. The molecule has 2 fully saturated rings. The number of urea groups is 1. The molecular weight excluding hydrogens is 206 g/mol. The molecule has 2 heterocycles. The van der Waals surface area contributed by atoms with Gasteiger partial charge < -0.3 is 15.5 Å². The minimum absolute atomic E-state index is 0.0448. The highest BCUT2D eigenvalue weighted by Gasteiger charge is 2.26. The van der Waals surface area contributed by atoms with E-state index < -0.39 is 0 Å². The van der Waals surface area contributed by atoms with Gasteiger partial charge in [0.25, 0.3) is 0 Å². The van der Waals surface area contributed by atoms with Gasteiger partial charge >= 0.3 is 6.03 Å². The highest BCUT2D eigenvalue weighted by Crippen LogP contribution is 2.10. The highest BCUT2D eigenvalue weighted by molar-refractivity contribution is 5.87. The Morgan fingerprint density at radius 1 is 1.25 bits per heavy atom. The predicted molar refractivity (Wildman–Crippen MR) is 60.0 cm³/mol. The van der Waals surface area contributed by atoms with Crippen LogP contribution in [0, 0.1) is 0 Å². The zero-order valence-corrected chi connectivity index (χ0v) is 9.50. The smallest absolute Gasteiger partial charge is 0.318 e. The van der Waals surface area contributed by atoms with Gasteiger partial charge in [0, 0.05) is 19.6 Å². The Kier molecular flexibility index (Phi) is 3.64. The second-order valence-electron chi connectivity index (χ2n) is 4.48. The van der Waals surface area contributed by atoms with Gasteiger partial charge in [-0.2, -0.15) is 0 Å². The lowest BCUT2D eigenvalue weighted by molar-refractivity contribution is -0.124. The molecule has 0 aromatic rings. The molecule has 0 bridgehead atoms. The molecule has 5 heteroatoms. The summed E-state index contributed by atoms with van der Waals surface area (Å²) in [6.45, 7) is 2.37. The van der Waals surface area contributed by atoms with Gasteiger partial charge in [-0.25, -0.2) is 4.79 Å². The van der Waals surface area contributed by atoms with Gasteiger partial charge in [-0.05, 0) is 32.1 Å². The Hall–Kier alpha value is -1.26. The van der Waals surface area contributed by atoms with Gasteiger partial charge in [-0.15, -0.1) is 0 Å². The third-order valence-corrected chi connectivity index (χ3v) is 3.23. The fraction of sp³-hybridized carbons (Fsp3) is 0.818. The molecule has 2 saturated heterocycles. The third-order valence-electron chi connectivity index (χ3n) is 3.23. The van der Waals surface area contributed by atoms with E-state index in [0.717, 1.165) is 45.3 Å². The first-order chi connectivity index (χ1) is 7.77. The maximum atomic E-state index is 11.8.